The second kappa shape index (κ2) is 7.74. The van der Waals surface area contributed by atoms with E-state index in [9.17, 15) is 9.18 Å². The van der Waals surface area contributed by atoms with E-state index >= 15 is 0 Å². The summed E-state index contributed by atoms with van der Waals surface area (Å²) in [4.78, 5) is 17.5. The van der Waals surface area contributed by atoms with Gasteiger partial charge in [0.2, 0.25) is 5.91 Å². The van der Waals surface area contributed by atoms with Crippen LogP contribution in [0.15, 0.2) is 48.5 Å². The largest absolute Gasteiger partial charge is 0.350 e. The van der Waals surface area contributed by atoms with Crippen molar-refractivity contribution in [2.75, 3.05) is 0 Å². The molecule has 0 saturated carbocycles. The second-order valence-electron chi connectivity index (χ2n) is 7.45. The van der Waals surface area contributed by atoms with E-state index in [-0.39, 0.29) is 11.7 Å². The van der Waals surface area contributed by atoms with Crippen LogP contribution in [-0.4, -0.2) is 25.2 Å². The highest BCUT2D eigenvalue weighted by atomic mass is 19.1. The van der Waals surface area contributed by atoms with Crippen molar-refractivity contribution in [3.05, 3.63) is 77.1 Å². The zero-order chi connectivity index (χ0) is 21.4. The Morgan fingerprint density at radius 3 is 2.53 bits per heavy atom. The van der Waals surface area contributed by atoms with Gasteiger partial charge in [0.25, 0.3) is 0 Å². The third kappa shape index (κ3) is 3.47. The van der Waals surface area contributed by atoms with Crippen molar-refractivity contribution in [3.63, 3.8) is 0 Å². The number of hydrogen-bond donors (Lipinski definition) is 1. The van der Waals surface area contributed by atoms with Gasteiger partial charge in [-0.3, -0.25) is 4.79 Å². The Balaban J connectivity index is 1.54. The first-order valence-electron chi connectivity index (χ1n) is 9.89. The lowest BCUT2D eigenvalue weighted by Gasteiger charge is -2.16. The number of nitrogens with zero attached hydrogens (tertiary/aromatic N) is 4. The second-order valence-corrected chi connectivity index (χ2v) is 7.45. The van der Waals surface area contributed by atoms with Crippen LogP contribution in [0.3, 0.4) is 0 Å². The first kappa shape index (κ1) is 19.8. The Labute approximate surface area is 174 Å². The molecule has 1 atom stereocenters. The molecule has 2 heterocycles. The van der Waals surface area contributed by atoms with E-state index in [1.807, 2.05) is 56.5 Å². The summed E-state index contributed by atoms with van der Waals surface area (Å²) in [5.41, 5.74) is 5.29. The molecule has 4 aromatic rings. The number of amides is 1. The summed E-state index contributed by atoms with van der Waals surface area (Å²) >= 11 is 0. The molecule has 1 amide bonds. The highest BCUT2D eigenvalue weighted by molar-refractivity contribution is 5.84. The Hall–Kier alpha value is -3.48. The van der Waals surface area contributed by atoms with Gasteiger partial charge < -0.3 is 9.88 Å². The molecule has 0 radical (unpaired) electrons. The molecule has 0 aliphatic carbocycles. The molecular weight excluding hydrogens is 381 g/mol. The topological polar surface area (TPSA) is 64.7 Å². The lowest BCUT2D eigenvalue weighted by Crippen LogP contribution is -2.31. The molecule has 4 rings (SSSR count). The molecule has 0 bridgehead atoms. The number of fused-ring (bicyclic) bond motifs is 1. The molecule has 0 aliphatic rings. The molecular formula is C23H24FN5O. The van der Waals surface area contributed by atoms with Gasteiger partial charge in [0.15, 0.2) is 0 Å². The minimum absolute atomic E-state index is 0.0883. The average molecular weight is 405 g/mol. The number of aromatic nitrogens is 4. The van der Waals surface area contributed by atoms with Crippen LogP contribution in [0.2, 0.25) is 0 Å². The zero-order valence-electron chi connectivity index (χ0n) is 17.5. The molecule has 0 fully saturated rings. The van der Waals surface area contributed by atoms with E-state index < -0.39 is 6.04 Å². The van der Waals surface area contributed by atoms with Crippen molar-refractivity contribution >= 4 is 16.9 Å². The number of imidazole rings is 1. The van der Waals surface area contributed by atoms with Gasteiger partial charge in [-0.25, -0.2) is 14.1 Å². The number of nitrogens with one attached hydrogen (secondary N) is 1. The van der Waals surface area contributed by atoms with Gasteiger partial charge in [-0.2, -0.15) is 5.10 Å². The quantitative estimate of drug-likeness (QED) is 0.542. The van der Waals surface area contributed by atoms with Crippen LogP contribution in [-0.2, 0) is 11.3 Å². The summed E-state index contributed by atoms with van der Waals surface area (Å²) in [5.74, 6) is 0.425. The van der Waals surface area contributed by atoms with E-state index in [2.05, 4.69) is 15.4 Å². The molecule has 7 heteroatoms. The highest BCUT2D eigenvalue weighted by Crippen LogP contribution is 2.22. The molecule has 154 valence electrons. The van der Waals surface area contributed by atoms with Gasteiger partial charge in [0, 0.05) is 17.8 Å². The standard InChI is InChI=1S/C23H24FN5O/c1-14-20(15(2)29(27-14)19-11-9-18(24)10-12-19)13-25-23(30)16(3)28-17(4)26-21-7-5-6-8-22(21)28/h5-12,16H,13H2,1-4H3,(H,25,30)/t16-/m1/s1. The maximum Gasteiger partial charge on any atom is 0.243 e. The van der Waals surface area contributed by atoms with Crippen molar-refractivity contribution in [3.8, 4) is 5.69 Å². The minimum atomic E-state index is -0.398. The third-order valence-corrected chi connectivity index (χ3v) is 5.49. The SMILES string of the molecule is Cc1nn(-c2ccc(F)cc2)c(C)c1CNC(=O)[C@@H](C)n1c(C)nc2ccccc21. The number of carbonyl (C=O) groups excluding carboxylic acids is 1. The molecule has 0 saturated heterocycles. The molecule has 2 aromatic heterocycles. The smallest absolute Gasteiger partial charge is 0.243 e. The molecule has 0 aliphatic heterocycles. The van der Waals surface area contributed by atoms with Crippen LogP contribution in [0.5, 0.6) is 0 Å². The Kier molecular flexibility index (Phi) is 5.11. The van der Waals surface area contributed by atoms with Crippen molar-refractivity contribution in [1.29, 1.82) is 0 Å². The maximum absolute atomic E-state index is 13.2. The number of para-hydroxylation sites is 2. The molecule has 0 unspecified atom stereocenters. The average Bonchev–Trinajstić information content (AvgIpc) is 3.21. The minimum Gasteiger partial charge on any atom is -0.350 e. The first-order valence-corrected chi connectivity index (χ1v) is 9.89. The van der Waals surface area contributed by atoms with Gasteiger partial charge in [-0.05, 0) is 64.1 Å². The van der Waals surface area contributed by atoms with Crippen molar-refractivity contribution in [1.82, 2.24) is 24.6 Å². The molecule has 1 N–H and O–H groups in total. The number of aryl methyl sites for hydroxylation is 2. The monoisotopic (exact) mass is 405 g/mol. The van der Waals surface area contributed by atoms with E-state index in [4.69, 9.17) is 0 Å². The molecule has 30 heavy (non-hydrogen) atoms. The van der Waals surface area contributed by atoms with E-state index in [1.165, 1.54) is 12.1 Å². The van der Waals surface area contributed by atoms with Crippen LogP contribution < -0.4 is 5.32 Å². The van der Waals surface area contributed by atoms with Crippen molar-refractivity contribution < 1.29 is 9.18 Å². The molecule has 6 nitrogen and oxygen atoms in total. The Morgan fingerprint density at radius 2 is 1.80 bits per heavy atom. The molecule has 2 aromatic carbocycles. The van der Waals surface area contributed by atoms with E-state index in [0.29, 0.717) is 6.54 Å². The van der Waals surface area contributed by atoms with Gasteiger partial charge in [0.05, 0.1) is 22.4 Å². The fourth-order valence-electron chi connectivity index (χ4n) is 3.86. The van der Waals surface area contributed by atoms with Crippen molar-refractivity contribution in [2.45, 2.75) is 40.3 Å². The van der Waals surface area contributed by atoms with Crippen LogP contribution in [0, 0.1) is 26.6 Å². The van der Waals surface area contributed by atoms with Crippen molar-refractivity contribution in [2.24, 2.45) is 0 Å². The summed E-state index contributed by atoms with van der Waals surface area (Å²) in [6, 6.07) is 13.6. The summed E-state index contributed by atoms with van der Waals surface area (Å²) in [5, 5.41) is 7.60. The van der Waals surface area contributed by atoms with Crippen LogP contribution >= 0.6 is 0 Å². The summed E-state index contributed by atoms with van der Waals surface area (Å²) in [6.45, 7) is 8.00. The van der Waals surface area contributed by atoms with Crippen LogP contribution in [0.1, 0.15) is 35.7 Å². The predicted octanol–water partition coefficient (Wildman–Crippen LogP) is 4.16. The number of rotatable bonds is 5. The van der Waals surface area contributed by atoms with E-state index in [0.717, 1.165) is 39.5 Å². The number of carbonyl (C=O) groups is 1. The molecule has 0 spiro atoms. The number of benzene rings is 2. The van der Waals surface area contributed by atoms with Gasteiger partial charge in [-0.15, -0.1) is 0 Å². The van der Waals surface area contributed by atoms with Gasteiger partial charge in [-0.1, -0.05) is 12.1 Å². The lowest BCUT2D eigenvalue weighted by atomic mass is 10.2. The number of hydrogen-bond acceptors (Lipinski definition) is 3. The predicted molar refractivity (Wildman–Crippen MR) is 114 cm³/mol. The summed E-state index contributed by atoms with van der Waals surface area (Å²) in [7, 11) is 0. The Bertz CT molecular complexity index is 1220. The number of halogens is 1. The van der Waals surface area contributed by atoms with Gasteiger partial charge >= 0.3 is 0 Å². The summed E-state index contributed by atoms with van der Waals surface area (Å²) in [6.07, 6.45) is 0. The lowest BCUT2D eigenvalue weighted by molar-refractivity contribution is -0.124. The zero-order valence-corrected chi connectivity index (χ0v) is 17.5. The first-order chi connectivity index (χ1) is 14.4. The highest BCUT2D eigenvalue weighted by Gasteiger charge is 2.21. The van der Waals surface area contributed by atoms with Gasteiger partial charge in [0.1, 0.15) is 17.7 Å². The van der Waals surface area contributed by atoms with Crippen LogP contribution in [0.4, 0.5) is 4.39 Å². The maximum atomic E-state index is 13.2. The summed E-state index contributed by atoms with van der Waals surface area (Å²) < 4.78 is 17.0. The third-order valence-electron chi connectivity index (χ3n) is 5.49. The fraction of sp³-hybridized carbons (Fsp3) is 0.261. The fourth-order valence-corrected chi connectivity index (χ4v) is 3.86. The Morgan fingerprint density at radius 1 is 1.10 bits per heavy atom. The van der Waals surface area contributed by atoms with E-state index in [1.54, 1.807) is 16.8 Å². The normalized spacial score (nSPS) is 12.3. The van der Waals surface area contributed by atoms with Crippen LogP contribution in [0.25, 0.3) is 16.7 Å².